The Morgan fingerprint density at radius 1 is 0.958 bits per heavy atom. The van der Waals surface area contributed by atoms with Crippen LogP contribution in [0.25, 0.3) is 0 Å². The van der Waals surface area contributed by atoms with Gasteiger partial charge in [0.05, 0.1) is 0 Å². The van der Waals surface area contributed by atoms with Gasteiger partial charge < -0.3 is 9.47 Å². The van der Waals surface area contributed by atoms with Crippen LogP contribution >= 0.6 is 25.8 Å². The second-order valence-electron chi connectivity index (χ2n) is 5.97. The molecule has 0 N–H and O–H groups in total. The minimum atomic E-state index is -0.663. The number of benzene rings is 2. The van der Waals surface area contributed by atoms with Gasteiger partial charge in [-0.25, -0.2) is 0 Å². The van der Waals surface area contributed by atoms with Crippen molar-refractivity contribution >= 4 is 31.8 Å². The molecule has 2 aromatic rings. The van der Waals surface area contributed by atoms with Crippen LogP contribution in [0.3, 0.4) is 0 Å². The van der Waals surface area contributed by atoms with Crippen molar-refractivity contribution in [2.75, 3.05) is 0 Å². The van der Waals surface area contributed by atoms with Gasteiger partial charge in [0.1, 0.15) is 23.3 Å². The van der Waals surface area contributed by atoms with Crippen LogP contribution in [0.1, 0.15) is 30.5 Å². The summed E-state index contributed by atoms with van der Waals surface area (Å²) in [6.07, 6.45) is 0. The number of carbonyl (C=O) groups is 1. The van der Waals surface area contributed by atoms with Gasteiger partial charge in [-0.3, -0.25) is 4.79 Å². The molecule has 1 unspecified atom stereocenters. The fourth-order valence-electron chi connectivity index (χ4n) is 1.85. The van der Waals surface area contributed by atoms with Crippen LogP contribution in [0.2, 0.25) is 0 Å². The molecule has 130 valence electrons. The number of carbonyl (C=O) groups excluding carboxylic acids is 1. The molecule has 5 heteroatoms. The van der Waals surface area contributed by atoms with Crippen LogP contribution < -0.4 is 4.74 Å². The highest BCUT2D eigenvalue weighted by molar-refractivity contribution is 9.10. The van der Waals surface area contributed by atoms with E-state index >= 15 is 0 Å². The number of hydrogen-bond acceptors (Lipinski definition) is 3. The predicted molar refractivity (Wildman–Crippen MR) is 106 cm³/mol. The van der Waals surface area contributed by atoms with Gasteiger partial charge in [-0.05, 0) is 44.0 Å². The molecule has 0 bridgehead atoms. The summed E-state index contributed by atoms with van der Waals surface area (Å²) in [6.45, 7) is 6.38. The Kier molecular flexibility index (Phi) is 7.92. The molecular weight excluding hydrogens is 387 g/mol. The van der Waals surface area contributed by atoms with Gasteiger partial charge in [-0.15, -0.1) is 0 Å². The van der Waals surface area contributed by atoms with Gasteiger partial charge >= 0.3 is 5.97 Å². The molecule has 0 spiro atoms. The van der Waals surface area contributed by atoms with Gasteiger partial charge in [-0.1, -0.05) is 57.9 Å². The SMILES string of the molecule is Cc1ccc(COc2ccc(COC(=O)C(C)(C)Br)cc2)cc1.P. The summed E-state index contributed by atoms with van der Waals surface area (Å²) in [7, 11) is 0. The van der Waals surface area contributed by atoms with E-state index in [-0.39, 0.29) is 22.5 Å². The fraction of sp³-hybridized carbons (Fsp3) is 0.316. The standard InChI is InChI=1S/C19H21BrO3.H3P/c1-14-4-6-15(7-5-14)12-22-17-10-8-16(9-11-17)13-23-18(21)19(2,3)20;/h4-11H,12-13H2,1-3H3;1H3. The third kappa shape index (κ3) is 6.62. The maximum atomic E-state index is 11.7. The summed E-state index contributed by atoms with van der Waals surface area (Å²) in [5.41, 5.74) is 3.30. The number of esters is 1. The lowest BCUT2D eigenvalue weighted by Gasteiger charge is -2.15. The molecule has 0 saturated carbocycles. The zero-order valence-electron chi connectivity index (χ0n) is 14.3. The second kappa shape index (κ2) is 9.19. The molecule has 2 rings (SSSR count). The Balaban J connectivity index is 0.00000288. The molecule has 0 aliphatic carbocycles. The Bertz CT molecular complexity index is 646. The minimum Gasteiger partial charge on any atom is -0.489 e. The molecule has 3 nitrogen and oxygen atoms in total. The number of ether oxygens (including phenoxy) is 2. The van der Waals surface area contributed by atoms with Crippen LogP contribution in [-0.4, -0.2) is 10.3 Å². The molecule has 0 saturated heterocycles. The van der Waals surface area contributed by atoms with E-state index in [0.717, 1.165) is 16.9 Å². The quantitative estimate of drug-likeness (QED) is 0.387. The van der Waals surface area contributed by atoms with Crippen LogP contribution in [0.15, 0.2) is 48.5 Å². The summed E-state index contributed by atoms with van der Waals surface area (Å²) in [5, 5.41) is 0. The molecule has 0 heterocycles. The van der Waals surface area contributed by atoms with E-state index in [1.807, 2.05) is 24.3 Å². The molecule has 0 radical (unpaired) electrons. The summed E-state index contributed by atoms with van der Waals surface area (Å²) >= 11 is 3.28. The third-order valence-corrected chi connectivity index (χ3v) is 3.63. The lowest BCUT2D eigenvalue weighted by atomic mass is 10.2. The van der Waals surface area contributed by atoms with Crippen LogP contribution in [0.4, 0.5) is 0 Å². The summed E-state index contributed by atoms with van der Waals surface area (Å²) in [5.74, 6) is 0.513. The van der Waals surface area contributed by atoms with Crippen molar-refractivity contribution in [2.45, 2.75) is 38.3 Å². The Labute approximate surface area is 155 Å². The van der Waals surface area contributed by atoms with Crippen LogP contribution in [0.5, 0.6) is 5.75 Å². The zero-order valence-corrected chi connectivity index (χ0v) is 17.3. The highest BCUT2D eigenvalue weighted by atomic mass is 79.9. The van der Waals surface area contributed by atoms with Gasteiger partial charge in [0.25, 0.3) is 0 Å². The monoisotopic (exact) mass is 410 g/mol. The van der Waals surface area contributed by atoms with Crippen molar-refractivity contribution in [3.05, 3.63) is 65.2 Å². The van der Waals surface area contributed by atoms with Crippen molar-refractivity contribution in [3.8, 4) is 5.75 Å². The first kappa shape index (κ1) is 20.7. The van der Waals surface area contributed by atoms with Gasteiger partial charge in [0.15, 0.2) is 0 Å². The second-order valence-corrected chi connectivity index (χ2v) is 7.95. The number of halogens is 1. The van der Waals surface area contributed by atoms with Gasteiger partial charge in [0, 0.05) is 0 Å². The van der Waals surface area contributed by atoms with Gasteiger partial charge in [0.2, 0.25) is 0 Å². The number of hydrogen-bond donors (Lipinski definition) is 0. The minimum absolute atomic E-state index is 0. The molecule has 2 aromatic carbocycles. The highest BCUT2D eigenvalue weighted by Gasteiger charge is 2.25. The van der Waals surface area contributed by atoms with Crippen LogP contribution in [-0.2, 0) is 22.7 Å². The normalized spacial score (nSPS) is 10.7. The maximum Gasteiger partial charge on any atom is 0.322 e. The molecule has 0 aromatic heterocycles. The van der Waals surface area contributed by atoms with E-state index < -0.39 is 4.32 Å². The Hall–Kier alpha value is -1.38. The van der Waals surface area contributed by atoms with E-state index in [4.69, 9.17) is 9.47 Å². The van der Waals surface area contributed by atoms with Crippen molar-refractivity contribution in [1.82, 2.24) is 0 Å². The molecule has 0 aliphatic rings. The maximum absolute atomic E-state index is 11.7. The largest absolute Gasteiger partial charge is 0.489 e. The van der Waals surface area contributed by atoms with Crippen molar-refractivity contribution in [3.63, 3.8) is 0 Å². The highest BCUT2D eigenvalue weighted by Crippen LogP contribution is 2.19. The Morgan fingerprint density at radius 2 is 1.46 bits per heavy atom. The van der Waals surface area contributed by atoms with E-state index in [9.17, 15) is 4.79 Å². The van der Waals surface area contributed by atoms with Crippen molar-refractivity contribution in [2.24, 2.45) is 0 Å². The van der Waals surface area contributed by atoms with E-state index in [2.05, 4.69) is 47.1 Å². The number of aryl methyl sites for hydroxylation is 1. The Morgan fingerprint density at radius 3 is 2.00 bits per heavy atom. The lowest BCUT2D eigenvalue weighted by molar-refractivity contribution is -0.146. The first-order valence-corrected chi connectivity index (χ1v) is 8.27. The van der Waals surface area contributed by atoms with E-state index in [1.54, 1.807) is 13.8 Å². The molecular formula is C19H24BrO3P. The van der Waals surface area contributed by atoms with Crippen molar-refractivity contribution in [1.29, 1.82) is 0 Å². The van der Waals surface area contributed by atoms with Crippen molar-refractivity contribution < 1.29 is 14.3 Å². The predicted octanol–water partition coefficient (Wildman–Crippen LogP) is 4.85. The smallest absolute Gasteiger partial charge is 0.322 e. The molecule has 0 aliphatic heterocycles. The first-order valence-electron chi connectivity index (χ1n) is 7.48. The molecule has 1 atom stereocenters. The molecule has 24 heavy (non-hydrogen) atoms. The van der Waals surface area contributed by atoms with Crippen LogP contribution in [0, 0.1) is 6.92 Å². The fourth-order valence-corrected chi connectivity index (χ4v) is 1.97. The summed E-state index contributed by atoms with van der Waals surface area (Å²) < 4.78 is 10.3. The zero-order chi connectivity index (χ0) is 16.9. The molecule has 0 fully saturated rings. The average molecular weight is 411 g/mol. The lowest BCUT2D eigenvalue weighted by Crippen LogP contribution is -2.26. The number of alkyl halides is 1. The summed E-state index contributed by atoms with van der Waals surface area (Å²) in [6, 6.07) is 15.8. The number of rotatable bonds is 6. The topological polar surface area (TPSA) is 35.5 Å². The first-order chi connectivity index (χ1) is 10.8. The van der Waals surface area contributed by atoms with Gasteiger partial charge in [-0.2, -0.15) is 9.90 Å². The average Bonchev–Trinajstić information content (AvgIpc) is 2.52. The third-order valence-electron chi connectivity index (χ3n) is 3.30. The molecule has 0 amide bonds. The summed E-state index contributed by atoms with van der Waals surface area (Å²) in [4.78, 5) is 11.7. The van der Waals surface area contributed by atoms with E-state index in [1.165, 1.54) is 5.56 Å². The van der Waals surface area contributed by atoms with E-state index in [0.29, 0.717) is 6.61 Å².